The van der Waals surface area contributed by atoms with Crippen LogP contribution in [0.15, 0.2) is 24.4 Å². The smallest absolute Gasteiger partial charge is 0.166 e. The van der Waals surface area contributed by atoms with Gasteiger partial charge in [0, 0.05) is 6.20 Å². The number of aliphatic hydroxyl groups is 1. The molecule has 0 fully saturated rings. The van der Waals surface area contributed by atoms with Crippen LogP contribution in [0.2, 0.25) is 0 Å². The summed E-state index contributed by atoms with van der Waals surface area (Å²) in [6, 6.07) is 6.87. The second-order valence-electron chi connectivity index (χ2n) is 3.18. The molecule has 0 saturated carbocycles. The number of hydrogen-bond acceptors (Lipinski definition) is 4. The number of aromatic nitrogens is 2. The van der Waals surface area contributed by atoms with Gasteiger partial charge in [0.25, 0.3) is 0 Å². The minimum atomic E-state index is -0.568. The Labute approximate surface area is 86.4 Å². The third-order valence-electron chi connectivity index (χ3n) is 2.21. The summed E-state index contributed by atoms with van der Waals surface area (Å²) >= 11 is 0. The standard InChI is InChI=1S/C10H10N4O/c11-5-8-9-3-1-2-4-14(9)10(13-8)7(12)6-15/h1-4,7,15H,6,12H2. The average Bonchev–Trinajstić information content (AvgIpc) is 2.67. The van der Waals surface area contributed by atoms with Crippen LogP contribution in [0.5, 0.6) is 0 Å². The first-order chi connectivity index (χ1) is 7.27. The van der Waals surface area contributed by atoms with E-state index in [1.54, 1.807) is 16.7 Å². The summed E-state index contributed by atoms with van der Waals surface area (Å²) in [5.41, 5.74) is 6.72. The summed E-state index contributed by atoms with van der Waals surface area (Å²) < 4.78 is 1.72. The summed E-state index contributed by atoms with van der Waals surface area (Å²) in [5, 5.41) is 17.8. The number of rotatable bonds is 2. The molecular formula is C10H10N4O. The number of hydrogen-bond donors (Lipinski definition) is 2. The second-order valence-corrected chi connectivity index (χ2v) is 3.18. The number of nitriles is 1. The van der Waals surface area contributed by atoms with Gasteiger partial charge in [-0.1, -0.05) is 6.07 Å². The third-order valence-corrected chi connectivity index (χ3v) is 2.21. The van der Waals surface area contributed by atoms with Gasteiger partial charge in [-0.15, -0.1) is 0 Å². The minimum absolute atomic E-state index is 0.196. The molecule has 0 aliphatic carbocycles. The highest BCUT2D eigenvalue weighted by Gasteiger charge is 2.15. The van der Waals surface area contributed by atoms with Crippen LogP contribution in [-0.4, -0.2) is 21.1 Å². The van der Waals surface area contributed by atoms with E-state index in [4.69, 9.17) is 16.1 Å². The monoisotopic (exact) mass is 202 g/mol. The van der Waals surface area contributed by atoms with Crippen LogP contribution in [0.3, 0.4) is 0 Å². The average molecular weight is 202 g/mol. The SMILES string of the molecule is N#Cc1nc(C(N)CO)n2ccccc12. The highest BCUT2D eigenvalue weighted by atomic mass is 16.3. The predicted octanol–water partition coefficient (Wildman–Crippen LogP) is 0.198. The number of pyridine rings is 1. The van der Waals surface area contributed by atoms with Crippen LogP contribution in [-0.2, 0) is 0 Å². The maximum absolute atomic E-state index is 8.97. The van der Waals surface area contributed by atoms with Crippen LogP contribution < -0.4 is 5.73 Å². The molecule has 0 aliphatic rings. The normalized spacial score (nSPS) is 12.6. The van der Waals surface area contributed by atoms with E-state index in [0.29, 0.717) is 17.0 Å². The molecular weight excluding hydrogens is 192 g/mol. The van der Waals surface area contributed by atoms with Crippen molar-refractivity contribution < 1.29 is 5.11 Å². The summed E-state index contributed by atoms with van der Waals surface area (Å²) in [6.07, 6.45) is 1.77. The zero-order valence-electron chi connectivity index (χ0n) is 7.96. The Morgan fingerprint density at radius 3 is 3.07 bits per heavy atom. The van der Waals surface area contributed by atoms with Gasteiger partial charge in [-0.05, 0) is 12.1 Å². The number of fused-ring (bicyclic) bond motifs is 1. The molecule has 0 bridgehead atoms. The lowest BCUT2D eigenvalue weighted by Crippen LogP contribution is -2.17. The lowest BCUT2D eigenvalue weighted by Gasteiger charge is -2.05. The van der Waals surface area contributed by atoms with Crippen LogP contribution in [0.1, 0.15) is 17.6 Å². The van der Waals surface area contributed by atoms with Gasteiger partial charge in [-0.25, -0.2) is 4.98 Å². The Bertz CT molecular complexity index is 526. The quantitative estimate of drug-likeness (QED) is 0.728. The Hall–Kier alpha value is -1.90. The van der Waals surface area contributed by atoms with Gasteiger partial charge in [0.1, 0.15) is 11.9 Å². The molecule has 0 amide bonds. The summed E-state index contributed by atoms with van der Waals surface area (Å²) in [7, 11) is 0. The Morgan fingerprint density at radius 1 is 1.60 bits per heavy atom. The van der Waals surface area contributed by atoms with E-state index in [2.05, 4.69) is 4.98 Å². The van der Waals surface area contributed by atoms with Crippen LogP contribution >= 0.6 is 0 Å². The third kappa shape index (κ3) is 1.46. The van der Waals surface area contributed by atoms with Crippen molar-refractivity contribution in [2.45, 2.75) is 6.04 Å². The fraction of sp³-hybridized carbons (Fsp3) is 0.200. The Balaban J connectivity index is 2.71. The molecule has 2 aromatic rings. The molecule has 2 heterocycles. The molecule has 76 valence electrons. The summed E-state index contributed by atoms with van der Waals surface area (Å²) in [5.74, 6) is 0.504. The lowest BCUT2D eigenvalue weighted by atomic mass is 10.3. The molecule has 0 spiro atoms. The molecule has 2 aromatic heterocycles. The Kier molecular flexibility index (Phi) is 2.37. The van der Waals surface area contributed by atoms with E-state index < -0.39 is 6.04 Å². The maximum Gasteiger partial charge on any atom is 0.166 e. The van der Waals surface area contributed by atoms with Gasteiger partial charge < -0.3 is 15.2 Å². The molecule has 5 nitrogen and oxygen atoms in total. The zero-order chi connectivity index (χ0) is 10.8. The molecule has 1 unspecified atom stereocenters. The number of aliphatic hydroxyl groups excluding tert-OH is 1. The van der Waals surface area contributed by atoms with Crippen LogP contribution in [0.4, 0.5) is 0 Å². The van der Waals surface area contributed by atoms with Crippen molar-refractivity contribution in [2.24, 2.45) is 5.73 Å². The van der Waals surface area contributed by atoms with Gasteiger partial charge in [0.15, 0.2) is 5.69 Å². The zero-order valence-corrected chi connectivity index (χ0v) is 7.96. The lowest BCUT2D eigenvalue weighted by molar-refractivity contribution is 0.263. The topological polar surface area (TPSA) is 87.3 Å². The number of imidazole rings is 1. The minimum Gasteiger partial charge on any atom is -0.394 e. The molecule has 1 atom stereocenters. The molecule has 3 N–H and O–H groups in total. The summed E-state index contributed by atoms with van der Waals surface area (Å²) in [6.45, 7) is -0.196. The first-order valence-electron chi connectivity index (χ1n) is 4.51. The number of nitrogens with two attached hydrogens (primary N) is 1. The van der Waals surface area contributed by atoms with Crippen molar-refractivity contribution in [1.29, 1.82) is 5.26 Å². The summed E-state index contributed by atoms with van der Waals surface area (Å²) in [4.78, 5) is 4.10. The van der Waals surface area contributed by atoms with Gasteiger partial charge in [0.2, 0.25) is 0 Å². The van der Waals surface area contributed by atoms with Crippen molar-refractivity contribution in [3.8, 4) is 6.07 Å². The first-order valence-corrected chi connectivity index (χ1v) is 4.51. The van der Waals surface area contributed by atoms with Crippen LogP contribution in [0, 0.1) is 11.3 Å². The van der Waals surface area contributed by atoms with Crippen molar-refractivity contribution >= 4 is 5.52 Å². The fourth-order valence-electron chi connectivity index (χ4n) is 1.49. The molecule has 0 saturated heterocycles. The van der Waals surface area contributed by atoms with E-state index in [0.717, 1.165) is 0 Å². The highest BCUT2D eigenvalue weighted by molar-refractivity contribution is 5.58. The maximum atomic E-state index is 8.97. The highest BCUT2D eigenvalue weighted by Crippen LogP contribution is 2.15. The molecule has 5 heteroatoms. The largest absolute Gasteiger partial charge is 0.394 e. The second kappa shape index (κ2) is 3.69. The molecule has 0 aliphatic heterocycles. The van der Waals surface area contributed by atoms with Crippen LogP contribution in [0.25, 0.3) is 5.52 Å². The fourth-order valence-corrected chi connectivity index (χ4v) is 1.49. The van der Waals surface area contributed by atoms with Gasteiger partial charge >= 0.3 is 0 Å². The molecule has 0 aromatic carbocycles. The van der Waals surface area contributed by atoms with E-state index in [1.165, 1.54) is 0 Å². The van der Waals surface area contributed by atoms with E-state index in [1.807, 2.05) is 18.2 Å². The van der Waals surface area contributed by atoms with Gasteiger partial charge in [0.05, 0.1) is 18.2 Å². The first kappa shape index (κ1) is 9.65. The van der Waals surface area contributed by atoms with E-state index >= 15 is 0 Å². The Morgan fingerprint density at radius 2 is 2.40 bits per heavy atom. The number of nitrogens with zero attached hydrogens (tertiary/aromatic N) is 3. The van der Waals surface area contributed by atoms with E-state index in [9.17, 15) is 0 Å². The molecule has 15 heavy (non-hydrogen) atoms. The van der Waals surface area contributed by atoms with Crippen molar-refractivity contribution in [3.63, 3.8) is 0 Å². The van der Waals surface area contributed by atoms with E-state index in [-0.39, 0.29) is 6.61 Å². The van der Waals surface area contributed by atoms with Gasteiger partial charge in [-0.3, -0.25) is 0 Å². The van der Waals surface area contributed by atoms with Crippen molar-refractivity contribution in [1.82, 2.24) is 9.38 Å². The van der Waals surface area contributed by atoms with Gasteiger partial charge in [-0.2, -0.15) is 5.26 Å². The predicted molar refractivity (Wildman–Crippen MR) is 53.9 cm³/mol. The molecule has 0 radical (unpaired) electrons. The van der Waals surface area contributed by atoms with Crippen molar-refractivity contribution in [3.05, 3.63) is 35.9 Å². The van der Waals surface area contributed by atoms with Crippen molar-refractivity contribution in [2.75, 3.05) is 6.61 Å². The molecule has 2 rings (SSSR count).